The van der Waals surface area contributed by atoms with Crippen molar-refractivity contribution in [2.45, 2.75) is 26.7 Å². The van der Waals surface area contributed by atoms with E-state index >= 15 is 0 Å². The standard InChI is InChI=1S/C24H26N2O5S/c1-4-6-13-31-23(28)17-9-10-18-21(15-17)32-24(25-18)26-22(27)12-8-16-7-11-19(30-5-2)20(14-16)29-3/h7-12,14-15H,4-6,13H2,1-3H3,(H,25,26,27)/b12-8+. The molecule has 0 aliphatic heterocycles. The van der Waals surface area contributed by atoms with Crippen LogP contribution in [-0.4, -0.2) is 37.2 Å². The summed E-state index contributed by atoms with van der Waals surface area (Å²) in [5.74, 6) is 0.591. The van der Waals surface area contributed by atoms with Gasteiger partial charge in [-0.15, -0.1) is 0 Å². The lowest BCUT2D eigenvalue weighted by molar-refractivity contribution is -0.111. The molecule has 2 aromatic carbocycles. The average Bonchev–Trinajstić information content (AvgIpc) is 3.20. The molecule has 1 heterocycles. The number of benzene rings is 2. The van der Waals surface area contributed by atoms with Crippen LogP contribution in [0.2, 0.25) is 0 Å². The Morgan fingerprint density at radius 2 is 1.97 bits per heavy atom. The molecule has 0 spiro atoms. The van der Waals surface area contributed by atoms with Gasteiger partial charge in [-0.25, -0.2) is 9.78 Å². The monoisotopic (exact) mass is 454 g/mol. The number of aromatic nitrogens is 1. The third-order valence-electron chi connectivity index (χ3n) is 4.50. The molecular weight excluding hydrogens is 428 g/mol. The molecule has 1 amide bonds. The largest absolute Gasteiger partial charge is 0.493 e. The summed E-state index contributed by atoms with van der Waals surface area (Å²) in [6.07, 6.45) is 4.91. The zero-order valence-electron chi connectivity index (χ0n) is 18.3. The van der Waals surface area contributed by atoms with E-state index in [1.807, 2.05) is 19.9 Å². The lowest BCUT2D eigenvalue weighted by atomic mass is 10.2. The number of hydrogen-bond donors (Lipinski definition) is 1. The molecule has 3 aromatic rings. The van der Waals surface area contributed by atoms with E-state index in [9.17, 15) is 9.59 Å². The van der Waals surface area contributed by atoms with Crippen LogP contribution in [-0.2, 0) is 9.53 Å². The lowest BCUT2D eigenvalue weighted by Crippen LogP contribution is -2.07. The van der Waals surface area contributed by atoms with Crippen LogP contribution in [0, 0.1) is 0 Å². The van der Waals surface area contributed by atoms with Crippen molar-refractivity contribution >= 4 is 44.6 Å². The van der Waals surface area contributed by atoms with Gasteiger partial charge >= 0.3 is 5.97 Å². The van der Waals surface area contributed by atoms with E-state index in [4.69, 9.17) is 14.2 Å². The summed E-state index contributed by atoms with van der Waals surface area (Å²) in [6, 6.07) is 10.6. The molecule has 0 unspecified atom stereocenters. The number of thiazole rings is 1. The van der Waals surface area contributed by atoms with E-state index < -0.39 is 0 Å². The maximum Gasteiger partial charge on any atom is 0.338 e. The van der Waals surface area contributed by atoms with Crippen LogP contribution in [0.1, 0.15) is 42.6 Å². The van der Waals surface area contributed by atoms with Crippen molar-refractivity contribution < 1.29 is 23.8 Å². The SMILES string of the molecule is CCCCOC(=O)c1ccc2nc(NC(=O)/C=C/c3ccc(OCC)c(OC)c3)sc2c1. The Bertz CT molecular complexity index is 1120. The number of amides is 1. The van der Waals surface area contributed by atoms with Crippen molar-refractivity contribution in [3.63, 3.8) is 0 Å². The zero-order valence-corrected chi connectivity index (χ0v) is 19.2. The first-order valence-corrected chi connectivity index (χ1v) is 11.2. The molecule has 3 rings (SSSR count). The molecule has 0 aliphatic rings. The Hall–Kier alpha value is -3.39. The van der Waals surface area contributed by atoms with Crippen LogP contribution in [0.25, 0.3) is 16.3 Å². The van der Waals surface area contributed by atoms with E-state index in [-0.39, 0.29) is 11.9 Å². The summed E-state index contributed by atoms with van der Waals surface area (Å²) in [7, 11) is 1.57. The van der Waals surface area contributed by atoms with Gasteiger partial charge in [-0.2, -0.15) is 0 Å². The van der Waals surface area contributed by atoms with Crippen LogP contribution in [0.5, 0.6) is 11.5 Å². The number of esters is 1. The second-order valence-corrected chi connectivity index (χ2v) is 7.89. The molecule has 1 aromatic heterocycles. The second-order valence-electron chi connectivity index (χ2n) is 6.86. The van der Waals surface area contributed by atoms with Gasteiger partial charge in [-0.05, 0) is 55.3 Å². The minimum Gasteiger partial charge on any atom is -0.493 e. The van der Waals surface area contributed by atoms with Crippen molar-refractivity contribution in [3.8, 4) is 11.5 Å². The summed E-state index contributed by atoms with van der Waals surface area (Å²) in [4.78, 5) is 28.9. The minimum atomic E-state index is -0.354. The smallest absolute Gasteiger partial charge is 0.338 e. The molecule has 0 bridgehead atoms. The molecule has 7 nitrogen and oxygen atoms in total. The van der Waals surface area contributed by atoms with Gasteiger partial charge in [0.1, 0.15) is 0 Å². The van der Waals surface area contributed by atoms with Gasteiger partial charge in [-0.3, -0.25) is 10.1 Å². The van der Waals surface area contributed by atoms with Gasteiger partial charge in [-0.1, -0.05) is 30.7 Å². The van der Waals surface area contributed by atoms with Crippen molar-refractivity contribution in [2.24, 2.45) is 0 Å². The molecule has 0 saturated carbocycles. The van der Waals surface area contributed by atoms with Gasteiger partial charge in [0.05, 0.1) is 36.1 Å². The predicted molar refractivity (Wildman–Crippen MR) is 127 cm³/mol. The molecule has 0 radical (unpaired) electrons. The normalized spacial score (nSPS) is 11.0. The number of carbonyl (C=O) groups excluding carboxylic acids is 2. The predicted octanol–water partition coefficient (Wildman–Crippen LogP) is 5.31. The van der Waals surface area contributed by atoms with Crippen molar-refractivity contribution in [1.29, 1.82) is 0 Å². The maximum absolute atomic E-state index is 12.3. The van der Waals surface area contributed by atoms with Crippen LogP contribution in [0.3, 0.4) is 0 Å². The molecule has 1 N–H and O–H groups in total. The highest BCUT2D eigenvalue weighted by atomic mass is 32.1. The zero-order chi connectivity index (χ0) is 22.9. The average molecular weight is 455 g/mol. The lowest BCUT2D eigenvalue weighted by Gasteiger charge is -2.09. The quantitative estimate of drug-likeness (QED) is 0.254. The number of nitrogens with one attached hydrogen (secondary N) is 1. The Balaban J connectivity index is 1.65. The fourth-order valence-corrected chi connectivity index (χ4v) is 3.79. The topological polar surface area (TPSA) is 86.8 Å². The fraction of sp³-hybridized carbons (Fsp3) is 0.292. The first-order valence-electron chi connectivity index (χ1n) is 10.4. The molecule has 8 heteroatoms. The summed E-state index contributed by atoms with van der Waals surface area (Å²) in [5.41, 5.74) is 1.98. The summed E-state index contributed by atoms with van der Waals surface area (Å²) in [6.45, 7) is 4.89. The third-order valence-corrected chi connectivity index (χ3v) is 5.43. The molecule has 0 aliphatic carbocycles. The van der Waals surface area contributed by atoms with Crippen molar-refractivity contribution in [3.05, 3.63) is 53.6 Å². The maximum atomic E-state index is 12.3. The first-order chi connectivity index (χ1) is 15.5. The Morgan fingerprint density at radius 1 is 1.12 bits per heavy atom. The fourth-order valence-electron chi connectivity index (χ4n) is 2.88. The van der Waals surface area contributed by atoms with E-state index in [0.29, 0.717) is 40.9 Å². The molecule has 0 atom stereocenters. The van der Waals surface area contributed by atoms with Gasteiger partial charge in [0, 0.05) is 6.08 Å². The number of fused-ring (bicyclic) bond motifs is 1. The number of ether oxygens (including phenoxy) is 3. The number of hydrogen-bond acceptors (Lipinski definition) is 7. The van der Waals surface area contributed by atoms with E-state index in [0.717, 1.165) is 23.1 Å². The molecular formula is C24H26N2O5S. The number of unbranched alkanes of at least 4 members (excludes halogenated alkanes) is 1. The highest BCUT2D eigenvalue weighted by Gasteiger charge is 2.12. The molecule has 32 heavy (non-hydrogen) atoms. The summed E-state index contributed by atoms with van der Waals surface area (Å²) >= 11 is 1.30. The molecule has 168 valence electrons. The molecule has 0 fully saturated rings. The third kappa shape index (κ3) is 6.07. The van der Waals surface area contributed by atoms with Crippen LogP contribution >= 0.6 is 11.3 Å². The number of carbonyl (C=O) groups is 2. The van der Waals surface area contributed by atoms with E-state index in [2.05, 4.69) is 10.3 Å². The minimum absolute atomic E-state index is 0.309. The van der Waals surface area contributed by atoms with Crippen molar-refractivity contribution in [2.75, 3.05) is 25.6 Å². The number of nitrogens with zero attached hydrogens (tertiary/aromatic N) is 1. The van der Waals surface area contributed by atoms with Crippen LogP contribution in [0.4, 0.5) is 5.13 Å². The van der Waals surface area contributed by atoms with Crippen LogP contribution < -0.4 is 14.8 Å². The van der Waals surface area contributed by atoms with Crippen molar-refractivity contribution in [1.82, 2.24) is 4.98 Å². The number of rotatable bonds is 10. The van der Waals surface area contributed by atoms with E-state index in [1.54, 1.807) is 43.5 Å². The first kappa shape index (κ1) is 23.3. The Labute approximate surface area is 191 Å². The second kappa shape index (κ2) is 11.3. The highest BCUT2D eigenvalue weighted by molar-refractivity contribution is 7.22. The summed E-state index contributed by atoms with van der Waals surface area (Å²) in [5, 5.41) is 3.22. The Morgan fingerprint density at radius 3 is 2.72 bits per heavy atom. The Kier molecular flexibility index (Phi) is 8.21. The van der Waals surface area contributed by atoms with Gasteiger partial charge in [0.25, 0.3) is 0 Å². The number of methoxy groups -OCH3 is 1. The van der Waals surface area contributed by atoms with Gasteiger partial charge < -0.3 is 14.2 Å². The van der Waals surface area contributed by atoms with Gasteiger partial charge in [0.2, 0.25) is 5.91 Å². The van der Waals surface area contributed by atoms with Gasteiger partial charge in [0.15, 0.2) is 16.6 Å². The molecule has 0 saturated heterocycles. The number of anilines is 1. The summed E-state index contributed by atoms with van der Waals surface area (Å²) < 4.78 is 16.9. The van der Waals surface area contributed by atoms with Crippen LogP contribution in [0.15, 0.2) is 42.5 Å². The highest BCUT2D eigenvalue weighted by Crippen LogP contribution is 2.29. The van der Waals surface area contributed by atoms with E-state index in [1.165, 1.54) is 17.4 Å².